The third-order valence-electron chi connectivity index (χ3n) is 6.58. The molecule has 0 saturated heterocycles. The standard InChI is InChI=1S/C26H27N3O2/c1-16-12-19(13-17(2)29-16)7-10-24(30)22-9-8-20(15-28-22)18(3)26(4)21-6-5-11-27-23(21)14-25(26)31/h5-6,8-9,11-13,15,18H,7,10,14H2,1-4H3. The molecule has 3 aromatic rings. The second-order valence-electron chi connectivity index (χ2n) is 8.68. The number of nitrogens with zero attached hydrogens (tertiary/aromatic N) is 3. The number of fused-ring (bicyclic) bond motifs is 1. The number of aryl methyl sites for hydroxylation is 3. The molecule has 0 amide bonds. The molecule has 0 saturated carbocycles. The van der Waals surface area contributed by atoms with Gasteiger partial charge in [0.05, 0.1) is 11.1 Å². The third-order valence-corrected chi connectivity index (χ3v) is 6.58. The van der Waals surface area contributed by atoms with Crippen LogP contribution >= 0.6 is 0 Å². The van der Waals surface area contributed by atoms with Crippen LogP contribution in [0.4, 0.5) is 0 Å². The van der Waals surface area contributed by atoms with Gasteiger partial charge < -0.3 is 0 Å². The zero-order chi connectivity index (χ0) is 22.2. The van der Waals surface area contributed by atoms with Crippen LogP contribution in [0.5, 0.6) is 0 Å². The van der Waals surface area contributed by atoms with Gasteiger partial charge >= 0.3 is 0 Å². The minimum atomic E-state index is -0.631. The molecule has 5 nitrogen and oxygen atoms in total. The predicted molar refractivity (Wildman–Crippen MR) is 119 cm³/mol. The molecule has 3 heterocycles. The Hall–Kier alpha value is -3.21. The quantitative estimate of drug-likeness (QED) is 0.557. The van der Waals surface area contributed by atoms with Crippen molar-refractivity contribution in [2.75, 3.05) is 0 Å². The first-order chi connectivity index (χ1) is 14.8. The van der Waals surface area contributed by atoms with Gasteiger partial charge in [-0.2, -0.15) is 0 Å². The predicted octanol–water partition coefficient (Wildman–Crippen LogP) is 4.49. The van der Waals surface area contributed by atoms with Crippen LogP contribution in [-0.2, 0) is 23.1 Å². The average Bonchev–Trinajstić information content (AvgIpc) is 3.02. The second-order valence-corrected chi connectivity index (χ2v) is 8.68. The van der Waals surface area contributed by atoms with Gasteiger partial charge in [-0.05, 0) is 74.1 Å². The largest absolute Gasteiger partial charge is 0.298 e. The monoisotopic (exact) mass is 413 g/mol. The number of rotatable bonds is 6. The third kappa shape index (κ3) is 3.92. The lowest BCUT2D eigenvalue weighted by Gasteiger charge is -2.31. The Morgan fingerprint density at radius 1 is 1.13 bits per heavy atom. The summed E-state index contributed by atoms with van der Waals surface area (Å²) in [6.07, 6.45) is 4.92. The minimum absolute atomic E-state index is 0.0176. The molecule has 0 radical (unpaired) electrons. The molecule has 1 aliphatic rings. The summed E-state index contributed by atoms with van der Waals surface area (Å²) >= 11 is 0. The van der Waals surface area contributed by atoms with Crippen LogP contribution < -0.4 is 0 Å². The molecule has 158 valence electrons. The van der Waals surface area contributed by atoms with E-state index in [1.54, 1.807) is 18.5 Å². The van der Waals surface area contributed by atoms with Gasteiger partial charge in [-0.3, -0.25) is 24.5 Å². The first-order valence-electron chi connectivity index (χ1n) is 10.7. The van der Waals surface area contributed by atoms with Gasteiger partial charge in [0, 0.05) is 36.6 Å². The van der Waals surface area contributed by atoms with E-state index in [9.17, 15) is 9.59 Å². The van der Waals surface area contributed by atoms with Crippen molar-refractivity contribution in [1.29, 1.82) is 0 Å². The van der Waals surface area contributed by atoms with Crippen molar-refractivity contribution >= 4 is 11.6 Å². The minimum Gasteiger partial charge on any atom is -0.298 e. The van der Waals surface area contributed by atoms with E-state index >= 15 is 0 Å². The number of carbonyl (C=O) groups excluding carboxylic acids is 2. The van der Waals surface area contributed by atoms with Gasteiger partial charge in [-0.1, -0.05) is 19.1 Å². The van der Waals surface area contributed by atoms with E-state index in [0.717, 1.165) is 33.8 Å². The van der Waals surface area contributed by atoms with Crippen LogP contribution in [0.3, 0.4) is 0 Å². The maximum atomic E-state index is 12.9. The van der Waals surface area contributed by atoms with Gasteiger partial charge in [0.25, 0.3) is 0 Å². The van der Waals surface area contributed by atoms with Crippen LogP contribution in [-0.4, -0.2) is 26.5 Å². The fourth-order valence-electron chi connectivity index (χ4n) is 4.62. The second kappa shape index (κ2) is 8.14. The van der Waals surface area contributed by atoms with Gasteiger partial charge in [0.1, 0.15) is 11.5 Å². The Labute approximate surface area is 183 Å². The first-order valence-corrected chi connectivity index (χ1v) is 10.7. The molecule has 4 rings (SSSR count). The molecular weight excluding hydrogens is 386 g/mol. The number of carbonyl (C=O) groups is 2. The Morgan fingerprint density at radius 2 is 1.87 bits per heavy atom. The van der Waals surface area contributed by atoms with Crippen molar-refractivity contribution in [1.82, 2.24) is 15.0 Å². The molecule has 31 heavy (non-hydrogen) atoms. The van der Waals surface area contributed by atoms with Gasteiger partial charge in [-0.25, -0.2) is 0 Å². The van der Waals surface area contributed by atoms with E-state index in [4.69, 9.17) is 0 Å². The van der Waals surface area contributed by atoms with E-state index in [2.05, 4.69) is 15.0 Å². The molecule has 2 unspecified atom stereocenters. The Kier molecular flexibility index (Phi) is 5.52. The van der Waals surface area contributed by atoms with Crippen LogP contribution in [0.15, 0.2) is 48.8 Å². The summed E-state index contributed by atoms with van der Waals surface area (Å²) in [5.74, 6) is 0.130. The number of pyridine rings is 3. The zero-order valence-electron chi connectivity index (χ0n) is 18.5. The SMILES string of the molecule is Cc1cc(CCC(=O)c2ccc(C(C)C3(C)C(=O)Cc4ncccc43)cn2)cc(C)n1. The number of aromatic nitrogens is 3. The molecule has 2 atom stereocenters. The molecule has 3 aromatic heterocycles. The highest BCUT2D eigenvalue weighted by Crippen LogP contribution is 2.45. The van der Waals surface area contributed by atoms with Crippen molar-refractivity contribution < 1.29 is 9.59 Å². The normalized spacial score (nSPS) is 18.6. The van der Waals surface area contributed by atoms with E-state index < -0.39 is 5.41 Å². The van der Waals surface area contributed by atoms with Crippen molar-refractivity contribution in [2.45, 2.75) is 58.3 Å². The molecule has 0 fully saturated rings. The lowest BCUT2D eigenvalue weighted by Crippen LogP contribution is -2.34. The van der Waals surface area contributed by atoms with E-state index in [1.807, 2.05) is 58.0 Å². The molecule has 1 aliphatic carbocycles. The molecule has 0 spiro atoms. The fraction of sp³-hybridized carbons (Fsp3) is 0.346. The topological polar surface area (TPSA) is 72.8 Å². The first kappa shape index (κ1) is 21.0. The summed E-state index contributed by atoms with van der Waals surface area (Å²) in [6.45, 7) is 7.96. The fourth-order valence-corrected chi connectivity index (χ4v) is 4.62. The van der Waals surface area contributed by atoms with Crippen LogP contribution in [0.2, 0.25) is 0 Å². The van der Waals surface area contributed by atoms with Crippen LogP contribution in [0.1, 0.15) is 70.4 Å². The van der Waals surface area contributed by atoms with Gasteiger partial charge in [0.2, 0.25) is 0 Å². The average molecular weight is 414 g/mol. The number of hydrogen-bond donors (Lipinski definition) is 0. The summed E-state index contributed by atoms with van der Waals surface area (Å²) in [5.41, 5.74) is 5.68. The van der Waals surface area contributed by atoms with E-state index in [1.165, 1.54) is 0 Å². The number of hydrogen-bond acceptors (Lipinski definition) is 5. The van der Waals surface area contributed by atoms with Crippen molar-refractivity contribution in [3.05, 3.63) is 88.3 Å². The van der Waals surface area contributed by atoms with Gasteiger partial charge in [-0.15, -0.1) is 0 Å². The molecule has 0 N–H and O–H groups in total. The van der Waals surface area contributed by atoms with Crippen LogP contribution in [0, 0.1) is 13.8 Å². The highest BCUT2D eigenvalue weighted by atomic mass is 16.1. The summed E-state index contributed by atoms with van der Waals surface area (Å²) in [5, 5.41) is 0. The van der Waals surface area contributed by atoms with Crippen LogP contribution in [0.25, 0.3) is 0 Å². The molecular formula is C26H27N3O2. The van der Waals surface area contributed by atoms with Crippen molar-refractivity contribution in [3.8, 4) is 0 Å². The number of ketones is 2. The van der Waals surface area contributed by atoms with Crippen molar-refractivity contribution in [2.24, 2.45) is 0 Å². The van der Waals surface area contributed by atoms with E-state index in [-0.39, 0.29) is 17.5 Å². The summed E-state index contributed by atoms with van der Waals surface area (Å²) in [4.78, 5) is 38.8. The maximum Gasteiger partial charge on any atom is 0.181 e. The lowest BCUT2D eigenvalue weighted by atomic mass is 9.70. The Balaban J connectivity index is 1.49. The van der Waals surface area contributed by atoms with E-state index in [0.29, 0.717) is 25.0 Å². The molecule has 0 aliphatic heterocycles. The Morgan fingerprint density at radius 3 is 2.55 bits per heavy atom. The summed E-state index contributed by atoms with van der Waals surface area (Å²) < 4.78 is 0. The van der Waals surface area contributed by atoms with Crippen molar-refractivity contribution in [3.63, 3.8) is 0 Å². The maximum absolute atomic E-state index is 12.9. The Bertz CT molecular complexity index is 1130. The summed E-state index contributed by atoms with van der Waals surface area (Å²) in [7, 11) is 0. The lowest BCUT2D eigenvalue weighted by molar-refractivity contribution is -0.123. The zero-order valence-corrected chi connectivity index (χ0v) is 18.5. The molecule has 0 aromatic carbocycles. The number of Topliss-reactive ketones (excluding diaryl/α,β-unsaturated/α-hetero) is 2. The smallest absolute Gasteiger partial charge is 0.181 e. The summed E-state index contributed by atoms with van der Waals surface area (Å²) in [6, 6.07) is 11.6. The highest BCUT2D eigenvalue weighted by molar-refractivity contribution is 5.97. The highest BCUT2D eigenvalue weighted by Gasteiger charge is 2.47. The van der Waals surface area contributed by atoms with Gasteiger partial charge in [0.15, 0.2) is 5.78 Å². The molecule has 0 bridgehead atoms. The molecule has 5 heteroatoms.